The summed E-state index contributed by atoms with van der Waals surface area (Å²) in [6.45, 7) is 0. The van der Waals surface area contributed by atoms with E-state index in [4.69, 9.17) is 3.87 Å². The van der Waals surface area contributed by atoms with Crippen LogP contribution in [0, 0.1) is 0 Å². The molecule has 0 heterocycles. The quantitative estimate of drug-likeness (QED) is 0.502. The van der Waals surface area contributed by atoms with Gasteiger partial charge in [-0.3, -0.25) is 0 Å². The van der Waals surface area contributed by atoms with Crippen LogP contribution in [0.4, 0.5) is 0 Å². The van der Waals surface area contributed by atoms with Crippen molar-refractivity contribution in [3.63, 3.8) is 0 Å². The third-order valence-electron chi connectivity index (χ3n) is 0. The Morgan fingerprint density at radius 3 is 1.50 bits per heavy atom. The van der Waals surface area contributed by atoms with E-state index in [1.807, 2.05) is 0 Å². The Balaban J connectivity index is 2.80. The van der Waals surface area contributed by atoms with E-state index in [1.165, 1.54) is 0 Å². The van der Waals surface area contributed by atoms with Crippen molar-refractivity contribution in [2.24, 2.45) is 0 Å². The van der Waals surface area contributed by atoms with Crippen LogP contribution >= 0.6 is 20.3 Å². The van der Waals surface area contributed by atoms with E-state index in [2.05, 4.69) is 20.3 Å². The molecule has 0 aromatic carbocycles. The number of hydrogen-bond acceptors (Lipinski definition) is 1. The molecule has 0 fully saturated rings. The Labute approximate surface area is 36.3 Å². The zero-order valence-electron chi connectivity index (χ0n) is 1.50. The van der Waals surface area contributed by atoms with Crippen molar-refractivity contribution < 1.29 is 15.6 Å². The average Bonchev–Trinajstić information content (AvgIpc) is 0.811. The molecule has 0 rings (SSSR count). The predicted molar refractivity (Wildman–Crippen MR) is 12.4 cm³/mol. The van der Waals surface area contributed by atoms with Crippen molar-refractivity contribution >= 4 is 20.3 Å². The third-order valence-corrected chi connectivity index (χ3v) is 0. The Morgan fingerprint density at radius 2 is 1.50 bits per heavy atom. The van der Waals surface area contributed by atoms with Gasteiger partial charge in [0, 0.05) is 0 Å². The van der Waals surface area contributed by atoms with Gasteiger partial charge in [0.05, 0.1) is 0 Å². The second-order valence-electron chi connectivity index (χ2n) is 0.150. The van der Waals surface area contributed by atoms with Crippen LogP contribution in [0.15, 0.2) is 0 Å². The van der Waals surface area contributed by atoms with Crippen molar-refractivity contribution in [2.45, 2.75) is 0 Å². The first-order valence-corrected chi connectivity index (χ1v) is 3.68. The van der Waals surface area contributed by atoms with E-state index in [0.29, 0.717) is 0 Å². The molecule has 0 aliphatic carbocycles. The Bertz CT molecular complexity index is 29.0. The van der Waals surface area contributed by atoms with E-state index >= 15 is 0 Å². The SMILES string of the molecule is [O]=[Co]([Cl])[Cl]. The van der Waals surface area contributed by atoms with E-state index < -0.39 is 11.8 Å². The topological polar surface area (TPSA) is 17.1 Å². The molecule has 0 spiro atoms. The van der Waals surface area contributed by atoms with Gasteiger partial charge in [0.2, 0.25) is 0 Å². The molecule has 0 bridgehead atoms. The summed E-state index contributed by atoms with van der Waals surface area (Å²) in [4.78, 5) is 0. The molecular formula is Cl2CoO. The van der Waals surface area contributed by atoms with Crippen LogP contribution in [0.2, 0.25) is 0 Å². The second kappa shape index (κ2) is 2.14. The van der Waals surface area contributed by atoms with E-state index in [-0.39, 0.29) is 0 Å². The summed E-state index contributed by atoms with van der Waals surface area (Å²) in [6.07, 6.45) is 0. The first-order chi connectivity index (χ1) is 1.73. The Hall–Kier alpha value is 0.886. The first kappa shape index (κ1) is 4.89. The van der Waals surface area contributed by atoms with Crippen molar-refractivity contribution in [3.8, 4) is 0 Å². The number of halogens is 2. The van der Waals surface area contributed by atoms with Gasteiger partial charge in [-0.25, -0.2) is 0 Å². The predicted octanol–water partition coefficient (Wildman–Crippen LogP) is 1.26. The Morgan fingerprint density at radius 1 is 1.50 bits per heavy atom. The van der Waals surface area contributed by atoms with Gasteiger partial charge >= 0.3 is 35.9 Å². The minimum absolute atomic E-state index is 1.91. The van der Waals surface area contributed by atoms with Gasteiger partial charge in [-0.05, 0) is 0 Å². The molecule has 0 N–H and O–H groups in total. The molecule has 0 aromatic rings. The van der Waals surface area contributed by atoms with Gasteiger partial charge in [-0.2, -0.15) is 0 Å². The van der Waals surface area contributed by atoms with Crippen molar-refractivity contribution in [2.75, 3.05) is 0 Å². The van der Waals surface area contributed by atoms with E-state index in [0.717, 1.165) is 0 Å². The fraction of sp³-hybridized carbons (Fsp3) is 0. The van der Waals surface area contributed by atoms with Crippen molar-refractivity contribution in [1.29, 1.82) is 0 Å². The molecule has 0 amide bonds. The van der Waals surface area contributed by atoms with Crippen LogP contribution in [0.25, 0.3) is 0 Å². The summed E-state index contributed by atoms with van der Waals surface area (Å²) in [5.74, 6) is 0. The summed E-state index contributed by atoms with van der Waals surface area (Å²) in [5, 5.41) is 0. The zero-order chi connectivity index (χ0) is 3.58. The maximum atomic E-state index is 9.12. The number of hydrogen-bond donors (Lipinski definition) is 0. The third kappa shape index (κ3) is 13.1. The van der Waals surface area contributed by atoms with Gasteiger partial charge in [0.25, 0.3) is 0 Å². The first-order valence-electron chi connectivity index (χ1n) is 0.388. The molecule has 0 unspecified atom stereocenters. The summed E-state index contributed by atoms with van der Waals surface area (Å²) < 4.78 is 9.12. The van der Waals surface area contributed by atoms with Gasteiger partial charge < -0.3 is 0 Å². The summed E-state index contributed by atoms with van der Waals surface area (Å²) in [7, 11) is 9.09. The molecule has 4 heteroatoms. The molecule has 0 saturated heterocycles. The second-order valence-corrected chi connectivity index (χ2v) is 3.04. The average molecular weight is 146 g/mol. The fourth-order valence-electron chi connectivity index (χ4n) is 0. The number of rotatable bonds is 0. The van der Waals surface area contributed by atoms with Crippen molar-refractivity contribution in [1.82, 2.24) is 0 Å². The van der Waals surface area contributed by atoms with Gasteiger partial charge in [0.15, 0.2) is 0 Å². The molecule has 0 radical (unpaired) electrons. The molecule has 4 heavy (non-hydrogen) atoms. The van der Waals surface area contributed by atoms with Crippen LogP contribution in [0.1, 0.15) is 0 Å². The molecule has 0 atom stereocenters. The van der Waals surface area contributed by atoms with Gasteiger partial charge in [0.1, 0.15) is 0 Å². The van der Waals surface area contributed by atoms with Gasteiger partial charge in [-0.1, -0.05) is 0 Å². The summed E-state index contributed by atoms with van der Waals surface area (Å²) >= 11 is -1.91. The fourth-order valence-corrected chi connectivity index (χ4v) is 0. The minimum atomic E-state index is -1.91. The van der Waals surface area contributed by atoms with Crippen LogP contribution in [-0.4, -0.2) is 0 Å². The van der Waals surface area contributed by atoms with Crippen LogP contribution in [0.3, 0.4) is 0 Å². The molecule has 1 nitrogen and oxygen atoms in total. The van der Waals surface area contributed by atoms with Crippen molar-refractivity contribution in [3.05, 3.63) is 0 Å². The van der Waals surface area contributed by atoms with Crippen LogP contribution in [0.5, 0.6) is 0 Å². The molecular weight excluding hydrogens is 146 g/mol. The maximum absolute atomic E-state index is 9.12. The molecule has 0 aromatic heterocycles. The van der Waals surface area contributed by atoms with Crippen LogP contribution in [-0.2, 0) is 15.6 Å². The molecule has 0 aliphatic rings. The van der Waals surface area contributed by atoms with E-state index in [1.54, 1.807) is 0 Å². The Kier molecular flexibility index (Phi) is 2.62. The van der Waals surface area contributed by atoms with Gasteiger partial charge in [-0.15, -0.1) is 0 Å². The summed E-state index contributed by atoms with van der Waals surface area (Å²) in [5.41, 5.74) is 0. The molecule has 0 aliphatic heterocycles. The van der Waals surface area contributed by atoms with E-state index in [9.17, 15) is 0 Å². The molecule has 29 valence electrons. The van der Waals surface area contributed by atoms with Crippen LogP contribution < -0.4 is 0 Å². The monoisotopic (exact) mass is 145 g/mol. The molecule has 0 saturated carbocycles. The normalized spacial score (nSPS) is 11.0. The standard InChI is InChI=1S/2ClH.Co.O/h2*1H;;/q;;+2;/p-2. The zero-order valence-corrected chi connectivity index (χ0v) is 4.05. The summed E-state index contributed by atoms with van der Waals surface area (Å²) in [6, 6.07) is 0.